The Morgan fingerprint density at radius 3 is 2.50 bits per heavy atom. The zero-order valence-electron chi connectivity index (χ0n) is 7.98. The standard InChI is InChI=1S/C11H5ClN2O2/c12-11-9-4-2-1-3-8(9)7(6-13)5-10(11)14(15)16/h1-5H. The lowest BCUT2D eigenvalue weighted by atomic mass is 10.0. The third-order valence-corrected chi connectivity index (χ3v) is 2.67. The Morgan fingerprint density at radius 1 is 1.31 bits per heavy atom. The van der Waals surface area contributed by atoms with Crippen LogP contribution in [-0.2, 0) is 0 Å². The highest BCUT2D eigenvalue weighted by molar-refractivity contribution is 6.37. The molecule has 0 aromatic heterocycles. The predicted molar refractivity (Wildman–Crippen MR) is 60.3 cm³/mol. The van der Waals surface area contributed by atoms with Gasteiger partial charge in [0, 0.05) is 16.8 Å². The van der Waals surface area contributed by atoms with Crippen molar-refractivity contribution in [1.82, 2.24) is 0 Å². The minimum absolute atomic E-state index is 0.0691. The van der Waals surface area contributed by atoms with Gasteiger partial charge in [-0.05, 0) is 0 Å². The van der Waals surface area contributed by atoms with Crippen molar-refractivity contribution >= 4 is 28.1 Å². The minimum Gasteiger partial charge on any atom is -0.258 e. The first-order valence-corrected chi connectivity index (χ1v) is 4.78. The van der Waals surface area contributed by atoms with Crippen LogP contribution >= 0.6 is 11.6 Å². The second-order valence-corrected chi connectivity index (χ2v) is 3.55. The summed E-state index contributed by atoms with van der Waals surface area (Å²) in [5, 5.41) is 20.9. The van der Waals surface area contributed by atoms with Gasteiger partial charge in [0.15, 0.2) is 0 Å². The fourth-order valence-electron chi connectivity index (χ4n) is 1.55. The highest BCUT2D eigenvalue weighted by Gasteiger charge is 2.18. The van der Waals surface area contributed by atoms with E-state index in [0.717, 1.165) is 0 Å². The van der Waals surface area contributed by atoms with E-state index in [2.05, 4.69) is 0 Å². The lowest BCUT2D eigenvalue weighted by Gasteiger charge is -2.03. The average molecular weight is 233 g/mol. The fourth-order valence-corrected chi connectivity index (χ4v) is 1.84. The maximum Gasteiger partial charge on any atom is 0.289 e. The highest BCUT2D eigenvalue weighted by atomic mass is 35.5. The summed E-state index contributed by atoms with van der Waals surface area (Å²) in [7, 11) is 0. The number of nitriles is 1. The quantitative estimate of drug-likeness (QED) is 0.560. The van der Waals surface area contributed by atoms with Crippen LogP contribution in [0.2, 0.25) is 5.02 Å². The molecule has 0 heterocycles. The number of halogens is 1. The van der Waals surface area contributed by atoms with Gasteiger partial charge in [0.1, 0.15) is 11.1 Å². The van der Waals surface area contributed by atoms with Crippen LogP contribution in [0.25, 0.3) is 10.8 Å². The molecule has 0 spiro atoms. The fraction of sp³-hybridized carbons (Fsp3) is 0. The van der Waals surface area contributed by atoms with Crippen LogP contribution < -0.4 is 0 Å². The normalized spacial score (nSPS) is 10.0. The monoisotopic (exact) mass is 232 g/mol. The third-order valence-electron chi connectivity index (χ3n) is 2.28. The van der Waals surface area contributed by atoms with E-state index in [9.17, 15) is 10.1 Å². The molecule has 0 unspecified atom stereocenters. The van der Waals surface area contributed by atoms with Crippen molar-refractivity contribution < 1.29 is 4.92 Å². The molecule has 0 fully saturated rings. The zero-order chi connectivity index (χ0) is 11.7. The van der Waals surface area contributed by atoms with Crippen LogP contribution in [-0.4, -0.2) is 4.92 Å². The summed E-state index contributed by atoms with van der Waals surface area (Å²) < 4.78 is 0. The molecule has 16 heavy (non-hydrogen) atoms. The summed E-state index contributed by atoms with van der Waals surface area (Å²) in [5.74, 6) is 0. The highest BCUT2D eigenvalue weighted by Crippen LogP contribution is 2.34. The van der Waals surface area contributed by atoms with Crippen molar-refractivity contribution in [3.05, 3.63) is 51.0 Å². The second-order valence-electron chi connectivity index (χ2n) is 3.17. The molecule has 0 saturated carbocycles. The van der Waals surface area contributed by atoms with E-state index in [1.165, 1.54) is 6.07 Å². The number of hydrogen-bond acceptors (Lipinski definition) is 3. The van der Waals surface area contributed by atoms with E-state index in [1.54, 1.807) is 24.3 Å². The van der Waals surface area contributed by atoms with E-state index < -0.39 is 4.92 Å². The van der Waals surface area contributed by atoms with Gasteiger partial charge in [0.2, 0.25) is 0 Å². The molecule has 5 heteroatoms. The number of rotatable bonds is 1. The predicted octanol–water partition coefficient (Wildman–Crippen LogP) is 3.27. The molecule has 4 nitrogen and oxygen atoms in total. The maximum atomic E-state index is 10.7. The van der Waals surface area contributed by atoms with Crippen molar-refractivity contribution in [2.75, 3.05) is 0 Å². The molecule has 2 aromatic rings. The Morgan fingerprint density at radius 2 is 1.94 bits per heavy atom. The molecule has 0 atom stereocenters. The van der Waals surface area contributed by atoms with Crippen LogP contribution in [0.5, 0.6) is 0 Å². The van der Waals surface area contributed by atoms with Crippen LogP contribution in [0.3, 0.4) is 0 Å². The van der Waals surface area contributed by atoms with Crippen molar-refractivity contribution in [3.63, 3.8) is 0 Å². The number of nitro groups is 1. The van der Waals surface area contributed by atoms with Crippen LogP contribution in [0.1, 0.15) is 5.56 Å². The van der Waals surface area contributed by atoms with Gasteiger partial charge in [-0.3, -0.25) is 10.1 Å². The van der Waals surface area contributed by atoms with Crippen molar-refractivity contribution in [2.24, 2.45) is 0 Å². The van der Waals surface area contributed by atoms with E-state index in [1.807, 2.05) is 6.07 Å². The number of hydrogen-bond donors (Lipinski definition) is 0. The molecule has 0 amide bonds. The number of nitrogens with zero attached hydrogens (tertiary/aromatic N) is 2. The Balaban J connectivity index is 2.95. The van der Waals surface area contributed by atoms with E-state index in [-0.39, 0.29) is 16.3 Å². The molecule has 0 bridgehead atoms. The summed E-state index contributed by atoms with van der Waals surface area (Å²) in [6, 6.07) is 9.98. The van der Waals surface area contributed by atoms with Gasteiger partial charge < -0.3 is 0 Å². The van der Waals surface area contributed by atoms with Gasteiger partial charge in [-0.1, -0.05) is 35.9 Å². The molecular formula is C11H5ClN2O2. The van der Waals surface area contributed by atoms with Crippen molar-refractivity contribution in [1.29, 1.82) is 5.26 Å². The van der Waals surface area contributed by atoms with Crippen molar-refractivity contribution in [3.8, 4) is 6.07 Å². The molecule has 2 aromatic carbocycles. The van der Waals surface area contributed by atoms with Crippen LogP contribution in [0.4, 0.5) is 5.69 Å². The molecule has 2 rings (SSSR count). The summed E-state index contributed by atoms with van der Waals surface area (Å²) in [6.07, 6.45) is 0. The summed E-state index contributed by atoms with van der Waals surface area (Å²) in [5.41, 5.74) is 0.0172. The first-order valence-electron chi connectivity index (χ1n) is 4.41. The Bertz CT molecular complexity index is 632. The molecule has 0 aliphatic rings. The topological polar surface area (TPSA) is 66.9 Å². The Kier molecular flexibility index (Phi) is 2.47. The lowest BCUT2D eigenvalue weighted by Crippen LogP contribution is -1.92. The SMILES string of the molecule is N#Cc1cc([N+](=O)[O-])c(Cl)c2ccccc12. The largest absolute Gasteiger partial charge is 0.289 e. The molecule has 0 aliphatic carbocycles. The zero-order valence-corrected chi connectivity index (χ0v) is 8.73. The number of benzene rings is 2. The van der Waals surface area contributed by atoms with Gasteiger partial charge >= 0.3 is 0 Å². The summed E-state index contributed by atoms with van der Waals surface area (Å²) >= 11 is 5.91. The Hall–Kier alpha value is -2.12. The van der Waals surface area contributed by atoms with Gasteiger partial charge in [-0.15, -0.1) is 0 Å². The maximum absolute atomic E-state index is 10.7. The average Bonchev–Trinajstić information content (AvgIpc) is 2.29. The smallest absolute Gasteiger partial charge is 0.258 e. The second kappa shape index (κ2) is 3.80. The summed E-state index contributed by atoms with van der Waals surface area (Å²) in [6.45, 7) is 0. The molecule has 0 N–H and O–H groups in total. The lowest BCUT2D eigenvalue weighted by molar-refractivity contribution is -0.384. The van der Waals surface area contributed by atoms with Gasteiger partial charge in [-0.2, -0.15) is 5.26 Å². The van der Waals surface area contributed by atoms with Gasteiger partial charge in [0.25, 0.3) is 5.69 Å². The van der Waals surface area contributed by atoms with Crippen LogP contribution in [0, 0.1) is 21.4 Å². The van der Waals surface area contributed by atoms with Gasteiger partial charge in [-0.25, -0.2) is 0 Å². The molecule has 0 aliphatic heterocycles. The van der Waals surface area contributed by atoms with E-state index in [4.69, 9.17) is 16.9 Å². The first kappa shape index (κ1) is 10.4. The van der Waals surface area contributed by atoms with E-state index in [0.29, 0.717) is 10.8 Å². The molecule has 0 saturated heterocycles. The van der Waals surface area contributed by atoms with Gasteiger partial charge in [0.05, 0.1) is 10.5 Å². The molecule has 78 valence electrons. The van der Waals surface area contributed by atoms with E-state index >= 15 is 0 Å². The third kappa shape index (κ3) is 1.47. The molecular weight excluding hydrogens is 228 g/mol. The minimum atomic E-state index is -0.588. The van der Waals surface area contributed by atoms with Crippen molar-refractivity contribution in [2.45, 2.75) is 0 Å². The first-order chi connectivity index (χ1) is 7.65. The number of fused-ring (bicyclic) bond motifs is 1. The number of nitro benzene ring substituents is 1. The summed E-state index contributed by atoms with van der Waals surface area (Å²) in [4.78, 5) is 10.2. The molecule has 0 radical (unpaired) electrons. The Labute approximate surface area is 95.8 Å². The van der Waals surface area contributed by atoms with Crippen LogP contribution in [0.15, 0.2) is 30.3 Å².